The van der Waals surface area contributed by atoms with E-state index in [4.69, 9.17) is 0 Å². The molecule has 0 aliphatic rings. The molecule has 1 aromatic rings. The molecule has 0 aromatic heterocycles. The van der Waals surface area contributed by atoms with Crippen molar-refractivity contribution in [1.82, 2.24) is 0 Å². The van der Waals surface area contributed by atoms with E-state index in [2.05, 4.69) is 9.47 Å². The van der Waals surface area contributed by atoms with Crippen LogP contribution in [0.2, 0.25) is 0 Å². The van der Waals surface area contributed by atoms with Crippen molar-refractivity contribution in [2.45, 2.75) is 45.8 Å². The molecule has 0 saturated carbocycles. The number of ether oxygens (including phenoxy) is 2. The first-order chi connectivity index (χ1) is 8.92. The largest absolute Gasteiger partial charge is 0.435 e. The molecule has 0 aliphatic carbocycles. The van der Waals surface area contributed by atoms with Crippen LogP contribution in [0.3, 0.4) is 0 Å². The van der Waals surface area contributed by atoms with Crippen LogP contribution in [0.1, 0.15) is 38.2 Å². The van der Waals surface area contributed by atoms with Crippen LogP contribution in [-0.4, -0.2) is 13.2 Å². The average Bonchev–Trinajstić information content (AvgIpc) is 2.26. The summed E-state index contributed by atoms with van der Waals surface area (Å²) in [4.78, 5) is 0. The second kappa shape index (κ2) is 7.21. The molecule has 1 rings (SSSR count). The maximum absolute atomic E-state index is 12.2. The van der Waals surface area contributed by atoms with Crippen molar-refractivity contribution in [1.29, 1.82) is 0 Å². The van der Waals surface area contributed by atoms with Gasteiger partial charge in [-0.3, -0.25) is 0 Å². The third-order valence-electron chi connectivity index (χ3n) is 2.64. The van der Waals surface area contributed by atoms with Crippen LogP contribution in [0.5, 0.6) is 11.5 Å². The first kappa shape index (κ1) is 15.6. The molecule has 1 atom stereocenters. The molecular weight excluding hydrogens is 264 g/mol. The first-order valence-electron chi connectivity index (χ1n) is 5.97. The van der Waals surface area contributed by atoms with Gasteiger partial charge in [0.25, 0.3) is 0 Å². The average molecular weight is 280 g/mol. The molecule has 1 aromatic carbocycles. The minimum absolute atomic E-state index is 0.0474. The van der Waals surface area contributed by atoms with E-state index in [0.29, 0.717) is 5.56 Å². The van der Waals surface area contributed by atoms with Crippen LogP contribution in [-0.2, 0) is 0 Å². The molecule has 0 N–H and O–H groups in total. The van der Waals surface area contributed by atoms with Gasteiger partial charge in [-0.25, -0.2) is 0 Å². The Morgan fingerprint density at radius 1 is 0.947 bits per heavy atom. The molecule has 0 spiro atoms. The van der Waals surface area contributed by atoms with Gasteiger partial charge in [-0.2, -0.15) is 17.6 Å². The van der Waals surface area contributed by atoms with E-state index in [9.17, 15) is 17.6 Å². The molecule has 0 heterocycles. The highest BCUT2D eigenvalue weighted by Crippen LogP contribution is 2.31. The van der Waals surface area contributed by atoms with Gasteiger partial charge in [0.2, 0.25) is 0 Å². The summed E-state index contributed by atoms with van der Waals surface area (Å²) in [5.41, 5.74) is 0.635. The van der Waals surface area contributed by atoms with E-state index in [1.54, 1.807) is 0 Å². The molecule has 1 unspecified atom stereocenters. The summed E-state index contributed by atoms with van der Waals surface area (Å²) in [7, 11) is 0. The Morgan fingerprint density at radius 2 is 1.42 bits per heavy atom. The van der Waals surface area contributed by atoms with Gasteiger partial charge < -0.3 is 9.47 Å². The maximum atomic E-state index is 12.2. The predicted octanol–water partition coefficient (Wildman–Crippen LogP) is 4.79. The summed E-state index contributed by atoms with van der Waals surface area (Å²) in [5.74, 6) is -0.302. The van der Waals surface area contributed by atoms with Crippen molar-refractivity contribution in [3.63, 3.8) is 0 Å². The molecule has 6 heteroatoms. The van der Waals surface area contributed by atoms with E-state index in [1.807, 2.05) is 13.8 Å². The summed E-state index contributed by atoms with van der Waals surface area (Å²) in [6, 6.07) is 3.87. The van der Waals surface area contributed by atoms with Crippen LogP contribution < -0.4 is 9.47 Å². The number of halogens is 4. The second-order valence-corrected chi connectivity index (χ2v) is 4.18. The fourth-order valence-electron chi connectivity index (χ4n) is 1.82. The van der Waals surface area contributed by atoms with Crippen molar-refractivity contribution >= 4 is 0 Å². The van der Waals surface area contributed by atoms with Crippen LogP contribution in [0.4, 0.5) is 17.6 Å². The Balaban J connectivity index is 3.01. The molecule has 0 bridgehead atoms. The van der Waals surface area contributed by atoms with Gasteiger partial charge in [-0.15, -0.1) is 0 Å². The summed E-state index contributed by atoms with van der Waals surface area (Å²) < 4.78 is 57.2. The van der Waals surface area contributed by atoms with Crippen LogP contribution in [0.15, 0.2) is 18.2 Å². The number of hydrogen-bond donors (Lipinski definition) is 0. The lowest BCUT2D eigenvalue weighted by Crippen LogP contribution is -2.06. The monoisotopic (exact) mass is 280 g/mol. The molecule has 0 amide bonds. The standard InChI is InChI=1S/C13H16F4O2/c1-3-4-8(2)9-5-10(18-12(14)15)7-11(6-9)19-13(16)17/h5-8,12-13H,3-4H2,1-2H3. The number of hydrogen-bond acceptors (Lipinski definition) is 2. The van der Waals surface area contributed by atoms with E-state index >= 15 is 0 Å². The molecule has 2 nitrogen and oxygen atoms in total. The third-order valence-corrected chi connectivity index (χ3v) is 2.64. The Hall–Kier alpha value is -1.46. The molecule has 108 valence electrons. The smallest absolute Gasteiger partial charge is 0.387 e. The molecule has 0 fully saturated rings. The zero-order valence-electron chi connectivity index (χ0n) is 10.7. The Kier molecular flexibility index (Phi) is 5.92. The minimum atomic E-state index is -3.00. The fourth-order valence-corrected chi connectivity index (χ4v) is 1.82. The normalized spacial score (nSPS) is 12.8. The van der Waals surface area contributed by atoms with Gasteiger partial charge in [0.15, 0.2) is 0 Å². The van der Waals surface area contributed by atoms with Crippen molar-refractivity contribution in [3.8, 4) is 11.5 Å². The number of rotatable bonds is 7. The topological polar surface area (TPSA) is 18.5 Å². The second-order valence-electron chi connectivity index (χ2n) is 4.18. The van der Waals surface area contributed by atoms with Crippen LogP contribution in [0.25, 0.3) is 0 Å². The highest BCUT2D eigenvalue weighted by Gasteiger charge is 2.14. The van der Waals surface area contributed by atoms with Gasteiger partial charge in [0, 0.05) is 6.07 Å². The van der Waals surface area contributed by atoms with Gasteiger partial charge in [0.1, 0.15) is 11.5 Å². The quantitative estimate of drug-likeness (QED) is 0.668. The van der Waals surface area contributed by atoms with Crippen molar-refractivity contribution < 1.29 is 27.0 Å². The zero-order valence-corrected chi connectivity index (χ0v) is 10.7. The van der Waals surface area contributed by atoms with Crippen molar-refractivity contribution in [2.24, 2.45) is 0 Å². The summed E-state index contributed by atoms with van der Waals surface area (Å²) in [6.45, 7) is -2.14. The van der Waals surface area contributed by atoms with Gasteiger partial charge in [-0.1, -0.05) is 20.3 Å². The van der Waals surface area contributed by atoms with Crippen LogP contribution in [0, 0.1) is 0 Å². The summed E-state index contributed by atoms with van der Waals surface area (Å²) in [5, 5.41) is 0. The SMILES string of the molecule is CCCC(C)c1cc(OC(F)F)cc(OC(F)F)c1. The molecule has 0 aliphatic heterocycles. The predicted molar refractivity (Wildman–Crippen MR) is 63.0 cm³/mol. The van der Waals surface area contributed by atoms with Crippen molar-refractivity contribution in [3.05, 3.63) is 23.8 Å². The first-order valence-corrected chi connectivity index (χ1v) is 5.97. The van der Waals surface area contributed by atoms with E-state index in [1.165, 1.54) is 12.1 Å². The summed E-state index contributed by atoms with van der Waals surface area (Å²) >= 11 is 0. The molecule has 0 radical (unpaired) electrons. The summed E-state index contributed by atoms with van der Waals surface area (Å²) in [6.07, 6.45) is 1.71. The third kappa shape index (κ3) is 5.36. The van der Waals surface area contributed by atoms with Gasteiger partial charge in [0.05, 0.1) is 0 Å². The lowest BCUT2D eigenvalue weighted by Gasteiger charge is -2.15. The van der Waals surface area contributed by atoms with Gasteiger partial charge in [-0.05, 0) is 30.0 Å². The number of benzene rings is 1. The maximum Gasteiger partial charge on any atom is 0.387 e. The Bertz CT molecular complexity index is 368. The Morgan fingerprint density at radius 3 is 1.79 bits per heavy atom. The van der Waals surface area contributed by atoms with Crippen LogP contribution >= 0.6 is 0 Å². The van der Waals surface area contributed by atoms with Crippen molar-refractivity contribution in [2.75, 3.05) is 0 Å². The molecule has 0 saturated heterocycles. The van der Waals surface area contributed by atoms with E-state index in [-0.39, 0.29) is 17.4 Å². The highest BCUT2D eigenvalue weighted by atomic mass is 19.3. The fraction of sp³-hybridized carbons (Fsp3) is 0.538. The Labute approximate surface area is 109 Å². The zero-order chi connectivity index (χ0) is 14.4. The number of alkyl halides is 4. The molecule has 19 heavy (non-hydrogen) atoms. The lowest BCUT2D eigenvalue weighted by molar-refractivity contribution is -0.0543. The highest BCUT2D eigenvalue weighted by molar-refractivity contribution is 5.40. The minimum Gasteiger partial charge on any atom is -0.435 e. The van der Waals surface area contributed by atoms with Gasteiger partial charge >= 0.3 is 13.2 Å². The van der Waals surface area contributed by atoms with E-state index < -0.39 is 13.2 Å². The van der Waals surface area contributed by atoms with E-state index in [0.717, 1.165) is 18.9 Å². The lowest BCUT2D eigenvalue weighted by atomic mass is 9.96. The molecular formula is C13H16F4O2.